The molecular weight excluding hydrogens is 235 g/mol. The molecule has 1 aliphatic heterocycles. The minimum Gasteiger partial charge on any atom is -0.583 e. The van der Waals surface area contributed by atoms with E-state index in [2.05, 4.69) is 13.5 Å². The Morgan fingerprint density at radius 1 is 1.56 bits per heavy atom. The molecule has 4 heteroatoms. The number of aliphatic hydroxyl groups is 1. The fraction of sp³-hybridized carbons (Fsp3) is 0.429. The van der Waals surface area contributed by atoms with Crippen LogP contribution < -0.4 is 29.6 Å². The molecule has 3 nitrogen and oxygen atoms in total. The van der Waals surface area contributed by atoms with E-state index in [1.165, 1.54) is 5.01 Å². The molecule has 0 aliphatic carbocycles. The maximum Gasteiger partial charge on any atom is 1.00 e. The number of nitrogens with one attached hydrogen (secondary N) is 1. The molecule has 1 aliphatic rings. The van der Waals surface area contributed by atoms with E-state index in [0.29, 0.717) is 6.42 Å². The van der Waals surface area contributed by atoms with Gasteiger partial charge in [-0.1, -0.05) is 37.3 Å². The third-order valence-corrected chi connectivity index (χ3v) is 3.33. The second-order valence-corrected chi connectivity index (χ2v) is 4.39. The Bertz CT molecular complexity index is 374. The minimum atomic E-state index is -0.403. The average Bonchev–Trinajstić information content (AvgIpc) is 2.47. The number of allylic oxidation sites excluding steroid dienone is 2. The minimum absolute atomic E-state index is 0. The second-order valence-electron chi connectivity index (χ2n) is 4.39. The molecule has 0 amide bonds. The zero-order valence-electron chi connectivity index (χ0n) is 11.6. The molecule has 1 atom stereocenters. The Labute approximate surface area is 132 Å². The first-order valence-corrected chi connectivity index (χ1v) is 5.88. The van der Waals surface area contributed by atoms with Crippen molar-refractivity contribution < 1.29 is 34.7 Å². The van der Waals surface area contributed by atoms with Crippen LogP contribution in [-0.4, -0.2) is 22.3 Å². The fourth-order valence-corrected chi connectivity index (χ4v) is 1.94. The summed E-state index contributed by atoms with van der Waals surface area (Å²) in [5, 5.41) is 10.5. The van der Waals surface area contributed by atoms with Crippen LogP contribution in [-0.2, 0) is 0 Å². The van der Waals surface area contributed by atoms with Gasteiger partial charge in [0.2, 0.25) is 0 Å². The molecule has 0 saturated carbocycles. The monoisotopic (exact) mass is 256 g/mol. The molecule has 18 heavy (non-hydrogen) atoms. The summed E-state index contributed by atoms with van der Waals surface area (Å²) in [5.41, 5.74) is 1.46. The van der Waals surface area contributed by atoms with Crippen molar-refractivity contribution in [3.05, 3.63) is 54.1 Å². The smallest absolute Gasteiger partial charge is 0.583 e. The van der Waals surface area contributed by atoms with Crippen LogP contribution in [0.1, 0.15) is 26.7 Å². The van der Waals surface area contributed by atoms with Gasteiger partial charge in [0.05, 0.1) is 12.1 Å². The predicted octanol–water partition coefficient (Wildman–Crippen LogP) is 0.377. The summed E-state index contributed by atoms with van der Waals surface area (Å²) in [6.07, 6.45) is 10.9. The summed E-state index contributed by atoms with van der Waals surface area (Å²) in [6, 6.07) is 0. The molecule has 2 N–H and O–H groups in total. The van der Waals surface area contributed by atoms with Crippen LogP contribution in [0.25, 0.3) is 5.84 Å². The maximum absolute atomic E-state index is 9.03. The third kappa shape index (κ3) is 3.84. The molecule has 1 unspecified atom stereocenters. The summed E-state index contributed by atoms with van der Waals surface area (Å²) >= 11 is 0. The predicted molar refractivity (Wildman–Crippen MR) is 72.1 cm³/mol. The van der Waals surface area contributed by atoms with Crippen molar-refractivity contribution in [2.24, 2.45) is 0 Å². The number of hydrogen-bond acceptors (Lipinski definition) is 2. The van der Waals surface area contributed by atoms with E-state index in [1.54, 1.807) is 6.20 Å². The Hall–Kier alpha value is -0.320. The van der Waals surface area contributed by atoms with Crippen LogP contribution in [0.4, 0.5) is 0 Å². The normalized spacial score (nSPS) is 23.9. The van der Waals surface area contributed by atoms with E-state index >= 15 is 0 Å². The first-order chi connectivity index (χ1) is 8.06. The zero-order valence-corrected chi connectivity index (χ0v) is 13.6. The van der Waals surface area contributed by atoms with E-state index in [9.17, 15) is 0 Å². The van der Waals surface area contributed by atoms with Crippen LogP contribution in [0.15, 0.2) is 48.2 Å². The molecule has 0 aromatic heterocycles. The topological polar surface area (TPSA) is 47.3 Å². The number of aliphatic hydroxyl groups excluding tert-OH is 1. The Morgan fingerprint density at radius 3 is 2.78 bits per heavy atom. The summed E-state index contributed by atoms with van der Waals surface area (Å²) in [7, 11) is 0. The largest absolute Gasteiger partial charge is 1.00 e. The van der Waals surface area contributed by atoms with Crippen LogP contribution in [0.5, 0.6) is 0 Å². The zero-order chi connectivity index (χ0) is 12.9. The maximum atomic E-state index is 9.03. The van der Waals surface area contributed by atoms with Gasteiger partial charge in [0.25, 0.3) is 0 Å². The Kier molecular flexibility index (Phi) is 7.83. The number of rotatable bonds is 4. The van der Waals surface area contributed by atoms with Crippen LogP contribution in [0, 0.1) is 0 Å². The van der Waals surface area contributed by atoms with Gasteiger partial charge < -0.3 is 16.0 Å². The van der Waals surface area contributed by atoms with Gasteiger partial charge in [0.15, 0.2) is 0 Å². The van der Waals surface area contributed by atoms with E-state index in [4.69, 9.17) is 10.9 Å². The van der Waals surface area contributed by atoms with Crippen molar-refractivity contribution in [3.63, 3.8) is 0 Å². The molecular formula is C14H21N2NaO. The van der Waals surface area contributed by atoms with Gasteiger partial charge in [-0.25, -0.2) is 0 Å². The summed E-state index contributed by atoms with van der Waals surface area (Å²) in [5.74, 6) is 8.10. The summed E-state index contributed by atoms with van der Waals surface area (Å²) in [6.45, 7) is 8.09. The van der Waals surface area contributed by atoms with Crippen molar-refractivity contribution in [2.75, 3.05) is 6.61 Å². The van der Waals surface area contributed by atoms with E-state index in [0.717, 1.165) is 17.6 Å². The summed E-state index contributed by atoms with van der Waals surface area (Å²) < 4.78 is 0. The van der Waals surface area contributed by atoms with Crippen LogP contribution in [0.2, 0.25) is 0 Å². The molecule has 94 valence electrons. The SMILES string of the molecule is C=C1C=CC=CN([NH-])C1(CC)C/C=C(\C)CO.[Na+]. The van der Waals surface area contributed by atoms with Gasteiger partial charge in [-0.3, -0.25) is 0 Å². The van der Waals surface area contributed by atoms with E-state index in [-0.39, 0.29) is 36.2 Å². The van der Waals surface area contributed by atoms with Crippen molar-refractivity contribution >= 4 is 0 Å². The first kappa shape index (κ1) is 17.7. The molecule has 0 spiro atoms. The summed E-state index contributed by atoms with van der Waals surface area (Å²) in [4.78, 5) is 0. The van der Waals surface area contributed by atoms with Crippen molar-refractivity contribution in [2.45, 2.75) is 32.2 Å². The molecule has 0 aromatic carbocycles. The Morgan fingerprint density at radius 2 is 2.22 bits per heavy atom. The van der Waals surface area contributed by atoms with E-state index < -0.39 is 5.54 Å². The third-order valence-electron chi connectivity index (χ3n) is 3.33. The van der Waals surface area contributed by atoms with Crippen molar-refractivity contribution in [1.29, 1.82) is 0 Å². The number of nitrogens with zero attached hydrogens (tertiary/aromatic N) is 1. The molecule has 0 radical (unpaired) electrons. The van der Waals surface area contributed by atoms with Gasteiger partial charge in [-0.05, 0) is 37.6 Å². The molecule has 1 heterocycles. The van der Waals surface area contributed by atoms with Crippen LogP contribution >= 0.6 is 0 Å². The van der Waals surface area contributed by atoms with Gasteiger partial charge in [-0.2, -0.15) is 0 Å². The fourth-order valence-electron chi connectivity index (χ4n) is 1.94. The molecule has 1 rings (SSSR count). The molecule has 0 aromatic rings. The van der Waals surface area contributed by atoms with Gasteiger partial charge in [0, 0.05) is 0 Å². The molecule has 0 bridgehead atoms. The van der Waals surface area contributed by atoms with Crippen molar-refractivity contribution in [1.82, 2.24) is 5.01 Å². The van der Waals surface area contributed by atoms with E-state index in [1.807, 2.05) is 31.2 Å². The molecule has 0 saturated heterocycles. The standard InChI is InChI=1S/C14H21N2O.Na/c1-4-14(9-8-12(2)11-17)13(3)7-5-6-10-16(14)15;/h5-8,10,15,17H,3-4,9,11H2,1-2H3;/q-1;+1/b12-8+;. The second kappa shape index (κ2) is 7.97. The quantitative estimate of drug-likeness (QED) is 0.584. The van der Waals surface area contributed by atoms with Crippen molar-refractivity contribution in [3.8, 4) is 0 Å². The van der Waals surface area contributed by atoms with Gasteiger partial charge >= 0.3 is 29.6 Å². The average molecular weight is 256 g/mol. The van der Waals surface area contributed by atoms with Gasteiger partial charge in [-0.15, -0.1) is 0 Å². The number of hydrogen-bond donors (Lipinski definition) is 1. The van der Waals surface area contributed by atoms with Crippen LogP contribution in [0.3, 0.4) is 0 Å². The first-order valence-electron chi connectivity index (χ1n) is 5.88. The van der Waals surface area contributed by atoms with Gasteiger partial charge in [0.1, 0.15) is 0 Å². The molecule has 0 fully saturated rings. The Balaban J connectivity index is 0.00000289.